The molecule has 1 aliphatic rings. The van der Waals surface area contributed by atoms with Crippen molar-refractivity contribution in [3.05, 3.63) is 59.9 Å². The Balaban J connectivity index is 0.000000277. The summed E-state index contributed by atoms with van der Waals surface area (Å²) < 4.78 is 163. The molecule has 46 heavy (non-hydrogen) atoms. The number of nitrogens with zero attached hydrogens (tertiary/aromatic N) is 4. The molecular weight excluding hydrogens is 660 g/mol. The molecule has 0 radical (unpaired) electrons. The average Bonchev–Trinajstić information content (AvgIpc) is 2.92. The molecular formula is C26H22F12N4O4. The molecule has 1 aliphatic carbocycles. The minimum absolute atomic E-state index is 0.0574. The number of rotatable bonds is 10. The zero-order chi connectivity index (χ0) is 34.2. The zero-order valence-corrected chi connectivity index (χ0v) is 23.0. The fraction of sp³-hybridized carbons (Fsp3) is 0.462. The number of ether oxygens (including phenoxy) is 4. The van der Waals surface area contributed by atoms with Crippen LogP contribution in [0.25, 0.3) is 0 Å². The van der Waals surface area contributed by atoms with Gasteiger partial charge in [0, 0.05) is 24.2 Å². The molecule has 1 fully saturated rings. The van der Waals surface area contributed by atoms with E-state index in [4.69, 9.17) is 0 Å². The highest BCUT2D eigenvalue weighted by molar-refractivity contribution is 5.31. The third-order valence-corrected chi connectivity index (χ3v) is 5.69. The van der Waals surface area contributed by atoms with Crippen LogP contribution >= 0.6 is 0 Å². The van der Waals surface area contributed by atoms with Gasteiger partial charge >= 0.3 is 36.7 Å². The number of benzene rings is 1. The Morgan fingerprint density at radius 2 is 1.02 bits per heavy atom. The molecule has 20 heteroatoms. The lowest BCUT2D eigenvalue weighted by Crippen LogP contribution is -2.25. The van der Waals surface area contributed by atoms with Gasteiger partial charge in [-0.25, -0.2) is 4.98 Å². The Morgan fingerprint density at radius 3 is 1.54 bits per heavy atom. The second-order valence-electron chi connectivity index (χ2n) is 9.41. The van der Waals surface area contributed by atoms with E-state index < -0.39 is 74.9 Å². The van der Waals surface area contributed by atoms with E-state index in [1.54, 1.807) is 0 Å². The van der Waals surface area contributed by atoms with Gasteiger partial charge < -0.3 is 18.9 Å². The first-order chi connectivity index (χ1) is 21.3. The van der Waals surface area contributed by atoms with Crippen LogP contribution < -0.4 is 18.9 Å². The van der Waals surface area contributed by atoms with Crippen LogP contribution in [0.3, 0.4) is 0 Å². The molecule has 0 aliphatic heterocycles. The van der Waals surface area contributed by atoms with E-state index in [0.717, 1.165) is 24.2 Å². The monoisotopic (exact) mass is 682 g/mol. The van der Waals surface area contributed by atoms with Crippen molar-refractivity contribution in [3.8, 4) is 23.8 Å². The predicted octanol–water partition coefficient (Wildman–Crippen LogP) is 7.38. The van der Waals surface area contributed by atoms with Gasteiger partial charge in [0.05, 0.1) is 5.69 Å². The third kappa shape index (κ3) is 13.4. The fourth-order valence-corrected chi connectivity index (χ4v) is 3.78. The first kappa shape index (κ1) is 36.2. The highest BCUT2D eigenvalue weighted by atomic mass is 19.4. The summed E-state index contributed by atoms with van der Waals surface area (Å²) in [5, 5.41) is 0. The second kappa shape index (κ2) is 14.9. The SMILES string of the molecule is FC(F)(F)COc1cc(C2CCC2c2ccccc2)nc(OCC(F)(F)F)n1.FC(F)(F)COc1ccnc(OCC(F)(F)F)n1. The third-order valence-electron chi connectivity index (χ3n) is 5.69. The average molecular weight is 682 g/mol. The molecule has 3 aromatic rings. The highest BCUT2D eigenvalue weighted by Crippen LogP contribution is 2.49. The van der Waals surface area contributed by atoms with Crippen LogP contribution in [0.4, 0.5) is 52.7 Å². The summed E-state index contributed by atoms with van der Waals surface area (Å²) in [5.41, 5.74) is 1.32. The van der Waals surface area contributed by atoms with Gasteiger partial charge in [0.15, 0.2) is 26.4 Å². The molecule has 254 valence electrons. The predicted molar refractivity (Wildman–Crippen MR) is 131 cm³/mol. The molecule has 0 saturated heterocycles. The molecule has 2 aromatic heterocycles. The standard InChI is InChI=1S/C18H16F6N2O2.C8H6F6N2O2/c19-17(20,21)9-27-15-8-14(25-16(26-15)28-10-18(22,23)24)13-7-6-12(13)11-4-2-1-3-5-11;9-7(10,11)3-17-5-1-2-15-6(16-5)18-4-8(12,13)14/h1-5,8,12-13H,6-7,9-10H2;1-2H,3-4H2. The molecule has 0 amide bonds. The Hall–Kier alpha value is -4.26. The summed E-state index contributed by atoms with van der Waals surface area (Å²) in [6.07, 6.45) is -16.0. The van der Waals surface area contributed by atoms with Gasteiger partial charge in [0.25, 0.3) is 0 Å². The molecule has 2 atom stereocenters. The maximum atomic E-state index is 12.4. The van der Waals surface area contributed by atoms with Crippen molar-refractivity contribution in [2.24, 2.45) is 0 Å². The van der Waals surface area contributed by atoms with E-state index in [1.807, 2.05) is 30.3 Å². The molecule has 0 N–H and O–H groups in total. The van der Waals surface area contributed by atoms with Crippen molar-refractivity contribution in [3.63, 3.8) is 0 Å². The lowest BCUT2D eigenvalue weighted by molar-refractivity contribution is -0.156. The highest BCUT2D eigenvalue weighted by Gasteiger charge is 2.36. The minimum atomic E-state index is -4.63. The van der Waals surface area contributed by atoms with Gasteiger partial charge in [-0.15, -0.1) is 0 Å². The smallest absolute Gasteiger partial charge is 0.422 e. The summed E-state index contributed by atoms with van der Waals surface area (Å²) >= 11 is 0. The Kier molecular flexibility index (Phi) is 11.7. The largest absolute Gasteiger partial charge is 0.468 e. The molecule has 8 nitrogen and oxygen atoms in total. The first-order valence-corrected chi connectivity index (χ1v) is 12.8. The van der Waals surface area contributed by atoms with Crippen LogP contribution in [0.1, 0.15) is 35.9 Å². The number of alkyl halides is 12. The van der Waals surface area contributed by atoms with Crippen molar-refractivity contribution >= 4 is 0 Å². The van der Waals surface area contributed by atoms with E-state index in [0.29, 0.717) is 12.1 Å². The Labute approximate surface area is 251 Å². The van der Waals surface area contributed by atoms with Crippen molar-refractivity contribution in [2.75, 3.05) is 26.4 Å². The van der Waals surface area contributed by atoms with Crippen LogP contribution in [-0.2, 0) is 0 Å². The van der Waals surface area contributed by atoms with Gasteiger partial charge in [0.2, 0.25) is 11.8 Å². The van der Waals surface area contributed by atoms with Gasteiger partial charge in [0.1, 0.15) is 0 Å². The van der Waals surface area contributed by atoms with Crippen molar-refractivity contribution in [1.29, 1.82) is 0 Å². The van der Waals surface area contributed by atoms with Crippen molar-refractivity contribution < 1.29 is 71.6 Å². The molecule has 2 heterocycles. The summed E-state index contributed by atoms with van der Waals surface area (Å²) in [5.74, 6) is -1.12. The molecule has 0 bridgehead atoms. The Morgan fingerprint density at radius 1 is 0.543 bits per heavy atom. The van der Waals surface area contributed by atoms with E-state index in [2.05, 4.69) is 38.9 Å². The van der Waals surface area contributed by atoms with Crippen LogP contribution in [-0.4, -0.2) is 71.1 Å². The summed E-state index contributed by atoms with van der Waals surface area (Å²) in [6, 6.07) is 10.2. The van der Waals surface area contributed by atoms with Gasteiger partial charge in [-0.1, -0.05) is 30.3 Å². The van der Waals surface area contributed by atoms with Crippen LogP contribution in [0.5, 0.6) is 23.8 Å². The number of halogens is 12. The van der Waals surface area contributed by atoms with E-state index >= 15 is 0 Å². The summed E-state index contributed by atoms with van der Waals surface area (Å²) in [7, 11) is 0. The van der Waals surface area contributed by atoms with Crippen LogP contribution in [0.2, 0.25) is 0 Å². The zero-order valence-electron chi connectivity index (χ0n) is 23.0. The lowest BCUT2D eigenvalue weighted by Gasteiger charge is -2.36. The Bertz CT molecular complexity index is 1320. The summed E-state index contributed by atoms with van der Waals surface area (Å²) in [4.78, 5) is 14.0. The summed E-state index contributed by atoms with van der Waals surface area (Å²) in [6.45, 7) is -6.52. The quantitative estimate of drug-likeness (QED) is 0.205. The number of hydrogen-bond acceptors (Lipinski definition) is 8. The van der Waals surface area contributed by atoms with Crippen molar-refractivity contribution in [2.45, 2.75) is 49.4 Å². The van der Waals surface area contributed by atoms with Crippen molar-refractivity contribution in [1.82, 2.24) is 19.9 Å². The molecule has 1 saturated carbocycles. The van der Waals surface area contributed by atoms with Gasteiger partial charge in [-0.2, -0.15) is 67.6 Å². The fourth-order valence-electron chi connectivity index (χ4n) is 3.78. The van der Waals surface area contributed by atoms with E-state index in [9.17, 15) is 52.7 Å². The van der Waals surface area contributed by atoms with Gasteiger partial charge in [-0.3, -0.25) is 0 Å². The lowest BCUT2D eigenvalue weighted by atomic mass is 9.68. The van der Waals surface area contributed by atoms with Crippen LogP contribution in [0.15, 0.2) is 48.7 Å². The second-order valence-corrected chi connectivity index (χ2v) is 9.41. The maximum absolute atomic E-state index is 12.4. The number of aromatic nitrogens is 4. The molecule has 0 spiro atoms. The maximum Gasteiger partial charge on any atom is 0.422 e. The topological polar surface area (TPSA) is 88.5 Å². The number of hydrogen-bond donors (Lipinski definition) is 0. The van der Waals surface area contributed by atoms with Gasteiger partial charge in [-0.05, 0) is 24.3 Å². The minimum Gasteiger partial charge on any atom is -0.468 e. The molecule has 2 unspecified atom stereocenters. The first-order valence-electron chi connectivity index (χ1n) is 12.8. The molecule has 4 rings (SSSR count). The van der Waals surface area contributed by atoms with E-state index in [1.165, 1.54) is 6.07 Å². The normalized spacial score (nSPS) is 16.9. The van der Waals surface area contributed by atoms with Crippen LogP contribution in [0, 0.1) is 0 Å². The van der Waals surface area contributed by atoms with E-state index in [-0.39, 0.29) is 11.8 Å². The molecule has 1 aromatic carbocycles.